The van der Waals surface area contributed by atoms with E-state index in [9.17, 15) is 24.0 Å². The topological polar surface area (TPSA) is 150 Å². The first-order valence-corrected chi connectivity index (χ1v) is 15.7. The number of fused-ring (bicyclic) bond motifs is 2. The summed E-state index contributed by atoms with van der Waals surface area (Å²) in [6.45, 7) is 0.941. The lowest BCUT2D eigenvalue weighted by Gasteiger charge is -2.29. The van der Waals surface area contributed by atoms with Gasteiger partial charge in [0.15, 0.2) is 0 Å². The van der Waals surface area contributed by atoms with Gasteiger partial charge in [-0.05, 0) is 68.6 Å². The van der Waals surface area contributed by atoms with Crippen LogP contribution in [0.15, 0.2) is 24.3 Å². The maximum atomic E-state index is 14.1. The summed E-state index contributed by atoms with van der Waals surface area (Å²) in [5.41, 5.74) is 1.12. The fourth-order valence-electron chi connectivity index (χ4n) is 7.73. The minimum absolute atomic E-state index is 0.0375. The first-order chi connectivity index (χ1) is 20.8. The van der Waals surface area contributed by atoms with Crippen LogP contribution in [-0.4, -0.2) is 77.6 Å². The molecule has 11 heteroatoms. The number of Topliss-reactive ketones (excluding diaryl/α,β-unsaturated/α-hetero) is 1. The molecule has 2 aliphatic carbocycles. The average Bonchev–Trinajstić information content (AvgIpc) is 3.80. The van der Waals surface area contributed by atoms with E-state index in [-0.39, 0.29) is 36.1 Å². The molecule has 0 radical (unpaired) electrons. The molecule has 2 aromatic rings. The van der Waals surface area contributed by atoms with Crippen molar-refractivity contribution in [1.82, 2.24) is 25.8 Å². The van der Waals surface area contributed by atoms with Gasteiger partial charge in [-0.3, -0.25) is 24.0 Å². The van der Waals surface area contributed by atoms with Gasteiger partial charge in [0.25, 0.3) is 11.8 Å². The van der Waals surface area contributed by atoms with E-state index in [4.69, 9.17) is 4.74 Å². The molecule has 230 valence electrons. The van der Waals surface area contributed by atoms with Gasteiger partial charge in [-0.25, -0.2) is 0 Å². The number of benzene rings is 1. The van der Waals surface area contributed by atoms with Crippen molar-refractivity contribution in [2.75, 3.05) is 20.2 Å². The van der Waals surface area contributed by atoms with Crippen LogP contribution in [0, 0.1) is 17.8 Å². The first-order valence-electron chi connectivity index (χ1n) is 15.7. The number of amides is 4. The van der Waals surface area contributed by atoms with Crippen LogP contribution in [-0.2, 0) is 19.2 Å². The number of rotatable bonds is 9. The summed E-state index contributed by atoms with van der Waals surface area (Å²) < 4.78 is 5.46. The van der Waals surface area contributed by atoms with E-state index in [1.165, 1.54) is 0 Å². The molecule has 4 fully saturated rings. The SMILES string of the molecule is COc1cccc2[nH]c(C(=O)N3CC4CCCC4C3C(=O)N[C@@H](C[C@@H]3CCNC3=O)C(=O)C(=O)NC3CCCCC3)cc12. The molecule has 0 spiro atoms. The Kier molecular flexibility index (Phi) is 8.41. The number of aromatic nitrogens is 1. The smallest absolute Gasteiger partial charge is 0.289 e. The molecule has 2 aliphatic heterocycles. The fourth-order valence-corrected chi connectivity index (χ4v) is 7.73. The molecule has 2 saturated carbocycles. The normalized spacial score (nSPS) is 26.2. The van der Waals surface area contributed by atoms with E-state index < -0.39 is 35.6 Å². The van der Waals surface area contributed by atoms with Crippen LogP contribution in [0.5, 0.6) is 5.75 Å². The van der Waals surface area contributed by atoms with Crippen LogP contribution in [0.4, 0.5) is 0 Å². The summed E-state index contributed by atoms with van der Waals surface area (Å²) >= 11 is 0. The zero-order chi connectivity index (χ0) is 30.1. The third-order valence-corrected chi connectivity index (χ3v) is 9.97. The van der Waals surface area contributed by atoms with Gasteiger partial charge in [-0.2, -0.15) is 0 Å². The van der Waals surface area contributed by atoms with Crippen molar-refractivity contribution in [2.24, 2.45) is 17.8 Å². The number of aromatic amines is 1. The predicted octanol–water partition coefficient (Wildman–Crippen LogP) is 2.45. The highest BCUT2D eigenvalue weighted by Crippen LogP contribution is 2.43. The van der Waals surface area contributed by atoms with Crippen molar-refractivity contribution in [2.45, 2.75) is 82.3 Å². The van der Waals surface area contributed by atoms with Gasteiger partial charge in [0, 0.05) is 36.0 Å². The Hall–Kier alpha value is -3.89. The fraction of sp³-hybridized carbons (Fsp3) is 0.594. The highest BCUT2D eigenvalue weighted by Gasteiger charge is 2.50. The lowest BCUT2D eigenvalue weighted by Crippen LogP contribution is -2.56. The molecule has 5 atom stereocenters. The van der Waals surface area contributed by atoms with Crippen LogP contribution >= 0.6 is 0 Å². The Morgan fingerprint density at radius 2 is 1.86 bits per heavy atom. The zero-order valence-corrected chi connectivity index (χ0v) is 24.7. The lowest BCUT2D eigenvalue weighted by molar-refractivity contribution is -0.141. The van der Waals surface area contributed by atoms with Crippen molar-refractivity contribution in [3.05, 3.63) is 30.0 Å². The summed E-state index contributed by atoms with van der Waals surface area (Å²) in [4.78, 5) is 71.8. The molecule has 4 N–H and O–H groups in total. The second-order valence-corrected chi connectivity index (χ2v) is 12.6. The molecule has 0 bridgehead atoms. The van der Waals surface area contributed by atoms with E-state index in [0.29, 0.717) is 31.0 Å². The van der Waals surface area contributed by atoms with Crippen LogP contribution in [0.2, 0.25) is 0 Å². The number of methoxy groups -OCH3 is 1. The number of ketones is 1. The first kappa shape index (κ1) is 29.2. The Morgan fingerprint density at radius 1 is 1.05 bits per heavy atom. The minimum atomic E-state index is -1.15. The van der Waals surface area contributed by atoms with Gasteiger partial charge in [-0.15, -0.1) is 0 Å². The van der Waals surface area contributed by atoms with Gasteiger partial charge in [0.2, 0.25) is 17.6 Å². The molecule has 6 rings (SSSR count). The van der Waals surface area contributed by atoms with E-state index in [0.717, 1.165) is 62.3 Å². The lowest BCUT2D eigenvalue weighted by atomic mass is 9.91. The molecule has 2 saturated heterocycles. The summed E-state index contributed by atoms with van der Waals surface area (Å²) in [5.74, 6) is -2.06. The van der Waals surface area contributed by atoms with Crippen molar-refractivity contribution in [1.29, 1.82) is 0 Å². The number of nitrogens with zero attached hydrogens (tertiary/aromatic N) is 1. The third kappa shape index (κ3) is 5.86. The summed E-state index contributed by atoms with van der Waals surface area (Å²) in [6.07, 6.45) is 8.03. The minimum Gasteiger partial charge on any atom is -0.496 e. The van der Waals surface area contributed by atoms with Crippen molar-refractivity contribution in [3.63, 3.8) is 0 Å². The molecule has 11 nitrogen and oxygen atoms in total. The van der Waals surface area contributed by atoms with Crippen LogP contribution in [0.3, 0.4) is 0 Å². The van der Waals surface area contributed by atoms with Crippen LogP contribution in [0.1, 0.15) is 74.7 Å². The highest BCUT2D eigenvalue weighted by atomic mass is 16.5. The van der Waals surface area contributed by atoms with Gasteiger partial charge in [-0.1, -0.05) is 31.7 Å². The van der Waals surface area contributed by atoms with E-state index >= 15 is 0 Å². The molecular formula is C32H41N5O6. The van der Waals surface area contributed by atoms with Gasteiger partial charge < -0.3 is 30.6 Å². The van der Waals surface area contributed by atoms with Crippen molar-refractivity contribution in [3.8, 4) is 5.75 Å². The largest absolute Gasteiger partial charge is 0.496 e. The Bertz CT molecular complexity index is 1410. The maximum absolute atomic E-state index is 14.1. The molecule has 1 aromatic carbocycles. The van der Waals surface area contributed by atoms with Crippen LogP contribution in [0.25, 0.3) is 10.9 Å². The average molecular weight is 592 g/mol. The molecule has 1 aromatic heterocycles. The second kappa shape index (κ2) is 12.4. The number of ether oxygens (including phenoxy) is 1. The number of carbonyl (C=O) groups excluding carboxylic acids is 5. The number of nitrogens with one attached hydrogen (secondary N) is 4. The van der Waals surface area contributed by atoms with Crippen molar-refractivity contribution < 1.29 is 28.7 Å². The van der Waals surface area contributed by atoms with Gasteiger partial charge >= 0.3 is 0 Å². The molecular weight excluding hydrogens is 550 g/mol. The summed E-state index contributed by atoms with van der Waals surface area (Å²) in [7, 11) is 1.58. The molecule has 4 amide bonds. The standard InChI is InChI=1S/C32H41N5O6/c1-43-26-12-6-11-23-22(26)16-25(35-23)32(42)37-17-19-7-5-10-21(19)27(37)30(40)36-24(15-18-13-14-33-29(18)39)28(38)31(41)34-20-8-3-2-4-9-20/h6,11-12,16,18-21,24,27,35H,2-5,7-10,13-15,17H2,1H3,(H,33,39)(H,34,41)(H,36,40)/t18-,19?,21?,24-,27?/m0/s1. The Labute approximate surface area is 250 Å². The number of carbonyl (C=O) groups is 5. The number of H-pyrrole nitrogens is 1. The van der Waals surface area contributed by atoms with Gasteiger partial charge in [0.05, 0.1) is 13.2 Å². The maximum Gasteiger partial charge on any atom is 0.289 e. The molecule has 4 aliphatic rings. The third-order valence-electron chi connectivity index (χ3n) is 9.97. The highest BCUT2D eigenvalue weighted by molar-refractivity contribution is 6.38. The monoisotopic (exact) mass is 591 g/mol. The van der Waals surface area contributed by atoms with Crippen molar-refractivity contribution >= 4 is 40.3 Å². The van der Waals surface area contributed by atoms with E-state index in [1.807, 2.05) is 18.2 Å². The number of hydrogen-bond acceptors (Lipinski definition) is 6. The summed E-state index contributed by atoms with van der Waals surface area (Å²) in [5, 5.41) is 9.29. The Balaban J connectivity index is 1.23. The van der Waals surface area contributed by atoms with E-state index in [2.05, 4.69) is 20.9 Å². The van der Waals surface area contributed by atoms with Crippen LogP contribution < -0.4 is 20.7 Å². The summed E-state index contributed by atoms with van der Waals surface area (Å²) in [6, 6.07) is 5.29. The molecule has 3 heterocycles. The number of hydrogen-bond donors (Lipinski definition) is 4. The quantitative estimate of drug-likeness (QED) is 0.329. The zero-order valence-electron chi connectivity index (χ0n) is 24.7. The predicted molar refractivity (Wildman–Crippen MR) is 158 cm³/mol. The van der Waals surface area contributed by atoms with E-state index in [1.54, 1.807) is 18.1 Å². The Morgan fingerprint density at radius 3 is 2.60 bits per heavy atom. The van der Waals surface area contributed by atoms with Gasteiger partial charge in [0.1, 0.15) is 17.5 Å². The molecule has 3 unspecified atom stereocenters. The number of likely N-dealkylation sites (tertiary alicyclic amines) is 1. The molecule has 43 heavy (non-hydrogen) atoms. The second-order valence-electron chi connectivity index (χ2n) is 12.6.